The first-order chi connectivity index (χ1) is 21.9. The van der Waals surface area contributed by atoms with Gasteiger partial charge in [0.2, 0.25) is 6.79 Å². The normalized spacial score (nSPS) is 17.7. The molecule has 4 aromatic rings. The number of esters is 1. The molecule has 0 N–H and O–H groups in total. The predicted octanol–water partition coefficient (Wildman–Crippen LogP) is 4.88. The largest absolute Gasteiger partial charge is 0.463 e. The van der Waals surface area contributed by atoms with Crippen molar-refractivity contribution in [3.8, 4) is 11.5 Å². The highest BCUT2D eigenvalue weighted by atomic mass is 35.5. The molecule has 0 aliphatic carbocycles. The quantitative estimate of drug-likeness (QED) is 0.267. The number of rotatable bonds is 7. The van der Waals surface area contributed by atoms with Crippen molar-refractivity contribution in [2.24, 2.45) is 4.99 Å². The summed E-state index contributed by atoms with van der Waals surface area (Å²) < 4.78 is 18.4. The van der Waals surface area contributed by atoms with E-state index >= 15 is 0 Å². The molecule has 1 amide bonds. The van der Waals surface area contributed by atoms with Gasteiger partial charge in [0.1, 0.15) is 4.53 Å². The maximum Gasteiger partial charge on any atom is 0.338 e. The van der Waals surface area contributed by atoms with E-state index in [0.717, 1.165) is 23.3 Å². The number of carbonyl (C=O) groups is 2. The van der Waals surface area contributed by atoms with Gasteiger partial charge in [0.25, 0.3) is 11.5 Å². The number of nitrogens with zero attached hydrogens (tertiary/aromatic N) is 3. The molecule has 0 spiro atoms. The molecule has 0 saturated heterocycles. The van der Waals surface area contributed by atoms with Gasteiger partial charge in [-0.2, -0.15) is 0 Å². The van der Waals surface area contributed by atoms with Crippen LogP contribution >= 0.6 is 22.9 Å². The number of hydrogen-bond donors (Lipinski definition) is 0. The van der Waals surface area contributed by atoms with Crippen LogP contribution in [0.4, 0.5) is 5.69 Å². The number of thiazole rings is 1. The van der Waals surface area contributed by atoms with Crippen LogP contribution in [-0.2, 0) is 20.9 Å². The lowest BCUT2D eigenvalue weighted by Crippen LogP contribution is -2.41. The third kappa shape index (κ3) is 4.85. The van der Waals surface area contributed by atoms with Gasteiger partial charge in [-0.25, -0.2) is 9.79 Å². The number of amides is 1. The monoisotopic (exact) mass is 641 g/mol. The molecule has 3 aliphatic rings. The lowest BCUT2D eigenvalue weighted by Gasteiger charge is -2.25. The lowest BCUT2D eigenvalue weighted by atomic mass is 9.94. The van der Waals surface area contributed by atoms with Crippen LogP contribution in [0.1, 0.15) is 49.4 Å². The predicted molar refractivity (Wildman–Crippen MR) is 170 cm³/mol. The highest BCUT2D eigenvalue weighted by Crippen LogP contribution is 2.40. The minimum atomic E-state index is -0.850. The fraction of sp³-hybridized carbons (Fsp3) is 0.235. The number of halogens is 1. The maximum atomic E-state index is 14.6. The summed E-state index contributed by atoms with van der Waals surface area (Å²) in [5.41, 5.74) is 3.49. The second-order valence-electron chi connectivity index (χ2n) is 10.7. The van der Waals surface area contributed by atoms with E-state index in [1.165, 1.54) is 4.57 Å². The number of carbonyl (C=O) groups excluding carboxylic acids is 2. The first-order valence-electron chi connectivity index (χ1n) is 14.7. The first kappa shape index (κ1) is 29.1. The molecular formula is C34H28ClN3O6S. The lowest BCUT2D eigenvalue weighted by molar-refractivity contribution is -0.139. The molecule has 3 aromatic carbocycles. The van der Waals surface area contributed by atoms with Crippen molar-refractivity contribution in [2.45, 2.75) is 39.3 Å². The SMILES string of the molecule is CCCC1=C(C(=O)OCC)[C@@H](c2ccc3c(c2)OCO3)n2c(s/c(=C3/C(=O)N(Cc4ccccc4Cl)c4ccccc43)c2=O)=N1. The molecule has 1 aromatic heterocycles. The van der Waals surface area contributed by atoms with Gasteiger partial charge in [0.15, 0.2) is 16.3 Å². The van der Waals surface area contributed by atoms with Gasteiger partial charge in [-0.05, 0) is 48.7 Å². The van der Waals surface area contributed by atoms with Crippen molar-refractivity contribution < 1.29 is 23.8 Å². The van der Waals surface area contributed by atoms with Crippen LogP contribution in [0.3, 0.4) is 0 Å². The summed E-state index contributed by atoms with van der Waals surface area (Å²) in [6, 6.07) is 19.3. The van der Waals surface area contributed by atoms with E-state index in [1.807, 2.05) is 55.5 Å². The number of aromatic nitrogens is 1. The molecule has 0 saturated carbocycles. The minimum absolute atomic E-state index is 0.0821. The molecule has 3 aliphatic heterocycles. The number of anilines is 1. The Morgan fingerprint density at radius 3 is 2.62 bits per heavy atom. The number of hydrogen-bond acceptors (Lipinski definition) is 8. The Morgan fingerprint density at radius 1 is 1.04 bits per heavy atom. The van der Waals surface area contributed by atoms with E-state index in [9.17, 15) is 14.4 Å². The topological polar surface area (TPSA) is 99.4 Å². The maximum absolute atomic E-state index is 14.6. The third-order valence-electron chi connectivity index (χ3n) is 8.02. The van der Waals surface area contributed by atoms with Crippen molar-refractivity contribution in [1.29, 1.82) is 0 Å². The molecule has 0 unspecified atom stereocenters. The molecule has 4 heterocycles. The summed E-state index contributed by atoms with van der Waals surface area (Å²) in [6.07, 6.45) is 1.22. The summed E-state index contributed by atoms with van der Waals surface area (Å²) in [4.78, 5) is 49.2. The van der Waals surface area contributed by atoms with E-state index in [-0.39, 0.29) is 30.4 Å². The number of para-hydroxylation sites is 1. The highest BCUT2D eigenvalue weighted by molar-refractivity contribution is 7.07. The molecule has 0 bridgehead atoms. The molecular weight excluding hydrogens is 614 g/mol. The zero-order chi connectivity index (χ0) is 31.2. The summed E-state index contributed by atoms with van der Waals surface area (Å²) >= 11 is 7.62. The van der Waals surface area contributed by atoms with Gasteiger partial charge in [0, 0.05) is 10.6 Å². The van der Waals surface area contributed by atoms with Gasteiger partial charge in [-0.1, -0.05) is 78.7 Å². The summed E-state index contributed by atoms with van der Waals surface area (Å²) in [6.45, 7) is 4.22. The molecule has 7 rings (SSSR count). The van der Waals surface area contributed by atoms with E-state index in [4.69, 9.17) is 30.8 Å². The average molecular weight is 642 g/mol. The molecule has 45 heavy (non-hydrogen) atoms. The molecule has 228 valence electrons. The van der Waals surface area contributed by atoms with Crippen LogP contribution < -0.4 is 29.3 Å². The Labute approximate surface area is 267 Å². The van der Waals surface area contributed by atoms with E-state index in [0.29, 0.717) is 61.4 Å². The zero-order valence-corrected chi connectivity index (χ0v) is 26.1. The number of fused-ring (bicyclic) bond motifs is 3. The van der Waals surface area contributed by atoms with Gasteiger partial charge in [0.05, 0.1) is 41.7 Å². The van der Waals surface area contributed by atoms with Crippen LogP contribution in [-0.4, -0.2) is 29.8 Å². The van der Waals surface area contributed by atoms with Crippen LogP contribution in [0.5, 0.6) is 11.5 Å². The fourth-order valence-corrected chi connectivity index (χ4v) is 7.33. The zero-order valence-electron chi connectivity index (χ0n) is 24.5. The smallest absolute Gasteiger partial charge is 0.338 e. The van der Waals surface area contributed by atoms with E-state index in [1.54, 1.807) is 30.0 Å². The summed E-state index contributed by atoms with van der Waals surface area (Å²) in [7, 11) is 0. The van der Waals surface area contributed by atoms with Gasteiger partial charge < -0.3 is 19.1 Å². The third-order valence-corrected chi connectivity index (χ3v) is 9.44. The molecule has 9 nitrogen and oxygen atoms in total. The molecule has 0 fully saturated rings. The van der Waals surface area contributed by atoms with Gasteiger partial charge in [-0.15, -0.1) is 0 Å². The van der Waals surface area contributed by atoms with E-state index in [2.05, 4.69) is 0 Å². The fourth-order valence-electron chi connectivity index (χ4n) is 6.02. The Balaban J connectivity index is 1.46. The molecule has 0 radical (unpaired) electrons. The van der Waals surface area contributed by atoms with Gasteiger partial charge >= 0.3 is 5.97 Å². The Hall–Kier alpha value is -4.67. The van der Waals surface area contributed by atoms with Crippen LogP contribution in [0.2, 0.25) is 5.02 Å². The second-order valence-corrected chi connectivity index (χ2v) is 12.1. The number of benzene rings is 3. The van der Waals surface area contributed by atoms with Crippen LogP contribution in [0.25, 0.3) is 5.57 Å². The first-order valence-corrected chi connectivity index (χ1v) is 15.9. The molecule has 11 heteroatoms. The Bertz CT molecular complexity index is 2100. The summed E-state index contributed by atoms with van der Waals surface area (Å²) in [5, 5.41) is 0.550. The van der Waals surface area contributed by atoms with E-state index < -0.39 is 17.6 Å². The standard InChI is InChI=1S/C34H28ClN3O6S/c1-3-9-23-28(33(41)42-4-2)29(19-14-15-25-26(16-19)44-18-43-25)38-32(40)30(45-34(38)36-23)27-21-11-6-8-13-24(21)37(31(27)39)17-20-10-5-7-12-22(20)35/h5-8,10-16,29H,3-4,9,17-18H2,1-2H3/b30-27+/t29-/m1/s1. The Morgan fingerprint density at radius 2 is 1.82 bits per heavy atom. The van der Waals surface area contributed by atoms with Crippen molar-refractivity contribution in [1.82, 2.24) is 4.57 Å². The van der Waals surface area contributed by atoms with Crippen molar-refractivity contribution in [3.63, 3.8) is 0 Å². The Kier molecular flexibility index (Phi) is 7.55. The van der Waals surface area contributed by atoms with Gasteiger partial charge in [-0.3, -0.25) is 14.2 Å². The number of ether oxygens (including phenoxy) is 3. The van der Waals surface area contributed by atoms with Crippen LogP contribution in [0.15, 0.2) is 87.8 Å². The summed E-state index contributed by atoms with van der Waals surface area (Å²) in [5.74, 6) is 0.248. The highest BCUT2D eigenvalue weighted by Gasteiger charge is 2.38. The molecule has 1 atom stereocenters. The van der Waals surface area contributed by atoms with Crippen molar-refractivity contribution >= 4 is 46.1 Å². The van der Waals surface area contributed by atoms with Crippen molar-refractivity contribution in [2.75, 3.05) is 18.3 Å². The van der Waals surface area contributed by atoms with Crippen molar-refractivity contribution in [3.05, 3.63) is 119 Å². The minimum Gasteiger partial charge on any atom is -0.463 e. The average Bonchev–Trinajstić information content (AvgIpc) is 3.71. The number of allylic oxidation sites excluding steroid dienone is 1. The second kappa shape index (κ2) is 11.7. The van der Waals surface area contributed by atoms with Crippen LogP contribution in [0, 0.1) is 0 Å².